The summed E-state index contributed by atoms with van der Waals surface area (Å²) in [5.74, 6) is 0. The van der Waals surface area contributed by atoms with Crippen LogP contribution in [0.15, 0.2) is 0 Å². The fourth-order valence-electron chi connectivity index (χ4n) is 0.419. The minimum Gasteiger partial charge on any atom is -0.349 e. The van der Waals surface area contributed by atoms with Gasteiger partial charge in [0.15, 0.2) is 0 Å². The van der Waals surface area contributed by atoms with E-state index >= 15 is 0 Å². The van der Waals surface area contributed by atoms with E-state index in [-0.39, 0.29) is 0 Å². The molecule has 0 fully saturated rings. The van der Waals surface area contributed by atoms with Crippen LogP contribution in [0.5, 0.6) is 0 Å². The molecule has 0 spiro atoms. The second-order valence-corrected chi connectivity index (χ2v) is 1.90. The molecule has 2 heteroatoms. The lowest BCUT2D eigenvalue weighted by Crippen LogP contribution is -2.01. The van der Waals surface area contributed by atoms with Gasteiger partial charge in [0, 0.05) is 7.11 Å². The van der Waals surface area contributed by atoms with Crippen LogP contribution >= 0.6 is 0 Å². The van der Waals surface area contributed by atoms with E-state index in [0.29, 0.717) is 6.29 Å². The number of rotatable bonds is 5. The third-order valence-electron chi connectivity index (χ3n) is 1.09. The predicted octanol–water partition coefficient (Wildman–Crippen LogP) is 1.96. The summed E-state index contributed by atoms with van der Waals surface area (Å²) < 4.78 is 9.92. The first kappa shape index (κ1) is 8.92. The standard InChI is InChI=1S/C7H15O2/c1-4-5-6-9-7(2)8-3/h4-6H2,1-3H3. The lowest BCUT2D eigenvalue weighted by molar-refractivity contribution is -0.0148. The van der Waals surface area contributed by atoms with E-state index in [0.717, 1.165) is 19.4 Å². The van der Waals surface area contributed by atoms with E-state index in [2.05, 4.69) is 6.92 Å². The van der Waals surface area contributed by atoms with Crippen LogP contribution in [-0.4, -0.2) is 13.7 Å². The van der Waals surface area contributed by atoms with Crippen molar-refractivity contribution in [2.75, 3.05) is 13.7 Å². The van der Waals surface area contributed by atoms with Crippen molar-refractivity contribution >= 4 is 0 Å². The lowest BCUT2D eigenvalue weighted by Gasteiger charge is -2.07. The van der Waals surface area contributed by atoms with E-state index in [1.165, 1.54) is 0 Å². The van der Waals surface area contributed by atoms with Gasteiger partial charge in [-0.05, 0) is 13.3 Å². The van der Waals surface area contributed by atoms with Crippen LogP contribution in [0.2, 0.25) is 0 Å². The zero-order chi connectivity index (χ0) is 7.11. The molecule has 0 aromatic carbocycles. The fraction of sp³-hybridized carbons (Fsp3) is 0.857. The van der Waals surface area contributed by atoms with Gasteiger partial charge in [-0.25, -0.2) is 0 Å². The molecule has 0 saturated heterocycles. The Labute approximate surface area is 57.2 Å². The van der Waals surface area contributed by atoms with Crippen LogP contribution in [0.3, 0.4) is 0 Å². The molecule has 55 valence electrons. The largest absolute Gasteiger partial charge is 0.349 e. The van der Waals surface area contributed by atoms with E-state index in [1.807, 2.05) is 6.92 Å². The van der Waals surface area contributed by atoms with Crippen molar-refractivity contribution in [3.63, 3.8) is 0 Å². The molecule has 0 atom stereocenters. The Hall–Kier alpha value is -0.0800. The Balaban J connectivity index is 2.88. The van der Waals surface area contributed by atoms with E-state index in [4.69, 9.17) is 9.47 Å². The quantitative estimate of drug-likeness (QED) is 0.531. The molecule has 9 heavy (non-hydrogen) atoms. The van der Waals surface area contributed by atoms with E-state index in [9.17, 15) is 0 Å². The van der Waals surface area contributed by atoms with E-state index < -0.39 is 0 Å². The summed E-state index contributed by atoms with van der Waals surface area (Å²) in [6, 6.07) is 0. The average molecular weight is 131 g/mol. The topological polar surface area (TPSA) is 18.5 Å². The van der Waals surface area contributed by atoms with Crippen molar-refractivity contribution in [1.29, 1.82) is 0 Å². The first-order valence-electron chi connectivity index (χ1n) is 3.31. The minimum atomic E-state index is 0.656. The molecular formula is C7H15O2. The molecule has 0 bridgehead atoms. The zero-order valence-corrected chi connectivity index (χ0v) is 6.44. The first-order chi connectivity index (χ1) is 4.31. The summed E-state index contributed by atoms with van der Waals surface area (Å²) in [6.45, 7) is 4.72. The van der Waals surface area contributed by atoms with Gasteiger partial charge in [-0.2, -0.15) is 0 Å². The third-order valence-corrected chi connectivity index (χ3v) is 1.09. The maximum absolute atomic E-state index is 5.13. The highest BCUT2D eigenvalue weighted by Gasteiger charge is 1.97. The summed E-state index contributed by atoms with van der Waals surface area (Å²) in [4.78, 5) is 0. The molecule has 0 aliphatic carbocycles. The molecular weight excluding hydrogens is 116 g/mol. The minimum absolute atomic E-state index is 0.656. The van der Waals surface area contributed by atoms with Crippen LogP contribution in [0.25, 0.3) is 0 Å². The molecule has 0 aromatic rings. The van der Waals surface area contributed by atoms with Crippen molar-refractivity contribution in [2.24, 2.45) is 0 Å². The maximum atomic E-state index is 5.13. The van der Waals surface area contributed by atoms with Gasteiger partial charge < -0.3 is 9.47 Å². The number of hydrogen-bond acceptors (Lipinski definition) is 2. The highest BCUT2D eigenvalue weighted by molar-refractivity contribution is 4.51. The van der Waals surface area contributed by atoms with Crippen LogP contribution in [-0.2, 0) is 9.47 Å². The number of methoxy groups -OCH3 is 1. The van der Waals surface area contributed by atoms with Gasteiger partial charge in [-0.3, -0.25) is 0 Å². The highest BCUT2D eigenvalue weighted by Crippen LogP contribution is 2.01. The van der Waals surface area contributed by atoms with Gasteiger partial charge in [0.2, 0.25) is 6.29 Å². The summed E-state index contributed by atoms with van der Waals surface area (Å²) in [7, 11) is 1.61. The van der Waals surface area contributed by atoms with Gasteiger partial charge in [0.25, 0.3) is 0 Å². The Morgan fingerprint density at radius 3 is 2.56 bits per heavy atom. The molecule has 0 aliphatic heterocycles. The van der Waals surface area contributed by atoms with E-state index in [1.54, 1.807) is 7.11 Å². The van der Waals surface area contributed by atoms with Crippen LogP contribution in [0, 0.1) is 6.29 Å². The van der Waals surface area contributed by atoms with Crippen molar-refractivity contribution < 1.29 is 9.47 Å². The van der Waals surface area contributed by atoms with Crippen LogP contribution < -0.4 is 0 Å². The molecule has 0 aliphatic rings. The third kappa shape index (κ3) is 5.80. The maximum Gasteiger partial charge on any atom is 0.220 e. The van der Waals surface area contributed by atoms with Crippen LogP contribution in [0.1, 0.15) is 26.7 Å². The molecule has 0 rings (SSSR count). The normalized spacial score (nSPS) is 10.7. The molecule has 0 unspecified atom stereocenters. The molecule has 1 radical (unpaired) electrons. The predicted molar refractivity (Wildman–Crippen MR) is 36.8 cm³/mol. The number of unbranched alkanes of at least 4 members (excludes halogenated alkanes) is 1. The van der Waals surface area contributed by atoms with Crippen molar-refractivity contribution in [1.82, 2.24) is 0 Å². The van der Waals surface area contributed by atoms with Gasteiger partial charge >= 0.3 is 0 Å². The Morgan fingerprint density at radius 2 is 2.11 bits per heavy atom. The molecule has 0 N–H and O–H groups in total. The average Bonchev–Trinajstić information content (AvgIpc) is 1.89. The summed E-state index contributed by atoms with van der Waals surface area (Å²) in [5, 5.41) is 0. The summed E-state index contributed by atoms with van der Waals surface area (Å²) in [6.07, 6.45) is 2.92. The Bertz CT molecular complexity index is 54.9. The van der Waals surface area contributed by atoms with Gasteiger partial charge in [0.05, 0.1) is 6.61 Å². The molecule has 0 amide bonds. The summed E-state index contributed by atoms with van der Waals surface area (Å²) in [5.41, 5.74) is 0. The van der Waals surface area contributed by atoms with Gasteiger partial charge in [-0.1, -0.05) is 13.3 Å². The number of ether oxygens (including phenoxy) is 2. The molecule has 0 heterocycles. The van der Waals surface area contributed by atoms with Crippen LogP contribution in [0.4, 0.5) is 0 Å². The smallest absolute Gasteiger partial charge is 0.220 e. The Kier molecular flexibility index (Phi) is 5.99. The second-order valence-electron chi connectivity index (χ2n) is 1.90. The zero-order valence-electron chi connectivity index (χ0n) is 6.44. The van der Waals surface area contributed by atoms with Crippen molar-refractivity contribution in [2.45, 2.75) is 26.7 Å². The Morgan fingerprint density at radius 1 is 1.44 bits per heavy atom. The van der Waals surface area contributed by atoms with Crippen molar-refractivity contribution in [3.05, 3.63) is 6.29 Å². The lowest BCUT2D eigenvalue weighted by atomic mass is 10.4. The highest BCUT2D eigenvalue weighted by atomic mass is 16.7. The first-order valence-corrected chi connectivity index (χ1v) is 3.31. The molecule has 0 aromatic heterocycles. The molecule has 0 saturated carbocycles. The fourth-order valence-corrected chi connectivity index (χ4v) is 0.419. The SMILES string of the molecule is CCCCO[C](C)OC. The second kappa shape index (κ2) is 6.05. The van der Waals surface area contributed by atoms with Gasteiger partial charge in [-0.15, -0.1) is 0 Å². The summed E-state index contributed by atoms with van der Waals surface area (Å²) >= 11 is 0. The molecule has 2 nitrogen and oxygen atoms in total. The van der Waals surface area contributed by atoms with Crippen molar-refractivity contribution in [3.8, 4) is 0 Å². The van der Waals surface area contributed by atoms with Gasteiger partial charge in [0.1, 0.15) is 0 Å². The monoisotopic (exact) mass is 131 g/mol. The number of hydrogen-bond donors (Lipinski definition) is 0.